The summed E-state index contributed by atoms with van der Waals surface area (Å²) in [6.45, 7) is 0. The van der Waals surface area contributed by atoms with Crippen LogP contribution >= 0.6 is 0 Å². The van der Waals surface area contributed by atoms with Gasteiger partial charge in [-0.05, 0) is 35.4 Å². The van der Waals surface area contributed by atoms with Crippen LogP contribution in [0.2, 0.25) is 0 Å². The lowest BCUT2D eigenvalue weighted by Gasteiger charge is -2.14. The third-order valence-electron chi connectivity index (χ3n) is 4.21. The number of rotatable bonds is 5. The molecule has 0 fully saturated rings. The highest BCUT2D eigenvalue weighted by Gasteiger charge is 2.17. The van der Waals surface area contributed by atoms with E-state index in [0.717, 1.165) is 16.9 Å². The molecule has 0 saturated carbocycles. The molecule has 0 aliphatic rings. The van der Waals surface area contributed by atoms with Crippen molar-refractivity contribution in [1.82, 2.24) is 0 Å². The molecule has 0 saturated heterocycles. The van der Waals surface area contributed by atoms with Crippen LogP contribution in [0, 0.1) is 0 Å². The van der Waals surface area contributed by atoms with Crippen LogP contribution in [-0.2, 0) is 6.42 Å². The van der Waals surface area contributed by atoms with E-state index in [2.05, 4.69) is 0 Å². The van der Waals surface area contributed by atoms with E-state index in [1.165, 1.54) is 0 Å². The highest BCUT2D eigenvalue weighted by Crippen LogP contribution is 2.28. The number of nitrogens with two attached hydrogens (primary N) is 2. The number of carbonyl (C=O) groups is 1. The molecule has 0 unspecified atom stereocenters. The van der Waals surface area contributed by atoms with Gasteiger partial charge in [0.1, 0.15) is 5.75 Å². The summed E-state index contributed by atoms with van der Waals surface area (Å²) < 4.78 is 5.18. The molecule has 0 aliphatic heterocycles. The Labute approximate surface area is 147 Å². The second-order valence-corrected chi connectivity index (χ2v) is 5.81. The van der Waals surface area contributed by atoms with Gasteiger partial charge in [0, 0.05) is 17.5 Å². The van der Waals surface area contributed by atoms with Gasteiger partial charge >= 0.3 is 0 Å². The number of benzene rings is 3. The van der Waals surface area contributed by atoms with Crippen LogP contribution in [-0.4, -0.2) is 12.9 Å². The molecule has 3 aromatic rings. The number of ether oxygens (including phenoxy) is 1. The average Bonchev–Trinajstić information content (AvgIpc) is 2.66. The summed E-state index contributed by atoms with van der Waals surface area (Å²) in [6, 6.07) is 20.3. The van der Waals surface area contributed by atoms with Crippen LogP contribution in [0.25, 0.3) is 0 Å². The van der Waals surface area contributed by atoms with Crippen LogP contribution in [0.15, 0.2) is 66.7 Å². The molecule has 4 nitrogen and oxygen atoms in total. The quantitative estimate of drug-likeness (QED) is 0.552. The minimum atomic E-state index is -0.0594. The van der Waals surface area contributed by atoms with Crippen molar-refractivity contribution in [1.29, 1.82) is 0 Å². The van der Waals surface area contributed by atoms with Gasteiger partial charge in [0.25, 0.3) is 0 Å². The molecular formula is C21H20N2O2. The zero-order valence-corrected chi connectivity index (χ0v) is 14.0. The number of methoxy groups -OCH3 is 1. The number of carbonyl (C=O) groups excluding carboxylic acids is 1. The van der Waals surface area contributed by atoms with Crippen LogP contribution < -0.4 is 16.2 Å². The van der Waals surface area contributed by atoms with Crippen LogP contribution in [0.1, 0.15) is 27.0 Å². The predicted molar refractivity (Wildman–Crippen MR) is 101 cm³/mol. The first-order chi connectivity index (χ1) is 12.1. The van der Waals surface area contributed by atoms with Gasteiger partial charge in [-0.3, -0.25) is 4.79 Å². The summed E-state index contributed by atoms with van der Waals surface area (Å²) >= 11 is 0. The van der Waals surface area contributed by atoms with E-state index in [1.807, 2.05) is 42.5 Å². The van der Waals surface area contributed by atoms with Crippen LogP contribution in [0.5, 0.6) is 5.75 Å². The summed E-state index contributed by atoms with van der Waals surface area (Å²) in [5, 5.41) is 0. The Kier molecular flexibility index (Phi) is 4.70. The van der Waals surface area contributed by atoms with E-state index < -0.39 is 0 Å². The topological polar surface area (TPSA) is 78.3 Å². The van der Waals surface area contributed by atoms with Gasteiger partial charge in [-0.25, -0.2) is 0 Å². The van der Waals surface area contributed by atoms with E-state index >= 15 is 0 Å². The predicted octanol–water partition coefficient (Wildman–Crippen LogP) is 3.68. The number of nitrogen functional groups attached to an aromatic ring is 2. The Morgan fingerprint density at radius 1 is 0.920 bits per heavy atom. The van der Waals surface area contributed by atoms with E-state index in [4.69, 9.17) is 16.2 Å². The van der Waals surface area contributed by atoms with E-state index in [0.29, 0.717) is 28.9 Å². The van der Waals surface area contributed by atoms with Gasteiger partial charge in [0.2, 0.25) is 0 Å². The van der Waals surface area contributed by atoms with Gasteiger partial charge in [0.05, 0.1) is 18.5 Å². The lowest BCUT2D eigenvalue weighted by Crippen LogP contribution is -2.10. The van der Waals surface area contributed by atoms with Crippen molar-refractivity contribution in [2.24, 2.45) is 0 Å². The molecule has 4 N–H and O–H groups in total. The minimum Gasteiger partial charge on any atom is -0.497 e. The third kappa shape index (κ3) is 3.48. The van der Waals surface area contributed by atoms with Gasteiger partial charge < -0.3 is 16.2 Å². The monoisotopic (exact) mass is 332 g/mol. The Balaban J connectivity index is 2.02. The second-order valence-electron chi connectivity index (χ2n) is 5.81. The Bertz CT molecular complexity index is 888. The van der Waals surface area contributed by atoms with Gasteiger partial charge in [-0.2, -0.15) is 0 Å². The normalized spacial score (nSPS) is 10.4. The van der Waals surface area contributed by atoms with Crippen LogP contribution in [0.3, 0.4) is 0 Å². The molecule has 4 heteroatoms. The molecule has 3 rings (SSSR count). The number of hydrogen-bond acceptors (Lipinski definition) is 4. The maximum Gasteiger partial charge on any atom is 0.193 e. The molecule has 0 atom stereocenters. The largest absolute Gasteiger partial charge is 0.497 e. The van der Waals surface area contributed by atoms with Gasteiger partial charge in [0.15, 0.2) is 5.78 Å². The number of ketones is 1. The van der Waals surface area contributed by atoms with Crippen molar-refractivity contribution in [2.75, 3.05) is 18.6 Å². The maximum atomic E-state index is 12.9. The number of anilines is 2. The fourth-order valence-electron chi connectivity index (χ4n) is 2.78. The summed E-state index contributed by atoms with van der Waals surface area (Å²) in [5.41, 5.74) is 16.1. The smallest absolute Gasteiger partial charge is 0.193 e. The first kappa shape index (κ1) is 16.6. The maximum absolute atomic E-state index is 12.9. The highest BCUT2D eigenvalue weighted by atomic mass is 16.5. The molecule has 126 valence electrons. The Morgan fingerprint density at radius 3 is 2.24 bits per heavy atom. The van der Waals surface area contributed by atoms with Crippen LogP contribution in [0.4, 0.5) is 11.4 Å². The van der Waals surface area contributed by atoms with Crippen molar-refractivity contribution < 1.29 is 9.53 Å². The lowest BCUT2D eigenvalue weighted by atomic mass is 9.92. The van der Waals surface area contributed by atoms with Crippen molar-refractivity contribution in [3.63, 3.8) is 0 Å². The van der Waals surface area contributed by atoms with E-state index in [1.54, 1.807) is 31.4 Å². The van der Waals surface area contributed by atoms with E-state index in [-0.39, 0.29) is 5.78 Å². The summed E-state index contributed by atoms with van der Waals surface area (Å²) in [4.78, 5) is 12.9. The van der Waals surface area contributed by atoms with Crippen molar-refractivity contribution in [3.8, 4) is 5.75 Å². The zero-order valence-electron chi connectivity index (χ0n) is 14.0. The fourth-order valence-corrected chi connectivity index (χ4v) is 2.78. The summed E-state index contributed by atoms with van der Waals surface area (Å²) in [5.74, 6) is 0.723. The molecule has 0 radical (unpaired) electrons. The minimum absolute atomic E-state index is 0.0594. The molecule has 3 aromatic carbocycles. The van der Waals surface area contributed by atoms with Gasteiger partial charge in [-0.15, -0.1) is 0 Å². The molecule has 0 amide bonds. The van der Waals surface area contributed by atoms with Gasteiger partial charge in [-0.1, -0.05) is 42.5 Å². The fraction of sp³-hybridized carbons (Fsp3) is 0.0952. The standard InChI is InChI=1S/C21H20N2O2/c1-25-16-9-7-14(8-10-16)13-18-17(11-12-19(22)20(18)23)21(24)15-5-3-2-4-6-15/h2-12H,13,22-23H2,1H3. The Hall–Kier alpha value is -3.27. The molecule has 0 spiro atoms. The van der Waals surface area contributed by atoms with E-state index in [9.17, 15) is 4.79 Å². The van der Waals surface area contributed by atoms with Crippen molar-refractivity contribution in [3.05, 3.63) is 89.0 Å². The SMILES string of the molecule is COc1ccc(Cc2c(C(=O)c3ccccc3)ccc(N)c2N)cc1. The van der Waals surface area contributed by atoms with Crippen molar-refractivity contribution in [2.45, 2.75) is 6.42 Å². The molecular weight excluding hydrogens is 312 g/mol. The lowest BCUT2D eigenvalue weighted by molar-refractivity contribution is 0.103. The Morgan fingerprint density at radius 2 is 1.60 bits per heavy atom. The first-order valence-corrected chi connectivity index (χ1v) is 7.99. The molecule has 0 aromatic heterocycles. The summed E-state index contributed by atoms with van der Waals surface area (Å²) in [7, 11) is 1.63. The number of hydrogen-bond donors (Lipinski definition) is 2. The molecule has 0 bridgehead atoms. The molecule has 0 heterocycles. The average molecular weight is 332 g/mol. The molecule has 25 heavy (non-hydrogen) atoms. The third-order valence-corrected chi connectivity index (χ3v) is 4.21. The summed E-state index contributed by atoms with van der Waals surface area (Å²) in [6.07, 6.45) is 0.523. The zero-order chi connectivity index (χ0) is 17.8. The highest BCUT2D eigenvalue weighted by molar-refractivity contribution is 6.11. The first-order valence-electron chi connectivity index (χ1n) is 7.99. The second kappa shape index (κ2) is 7.09. The molecule has 0 aliphatic carbocycles. The van der Waals surface area contributed by atoms with Crippen molar-refractivity contribution >= 4 is 17.2 Å².